The van der Waals surface area contributed by atoms with E-state index in [0.717, 1.165) is 5.69 Å². The van der Waals surface area contributed by atoms with Crippen LogP contribution in [0.5, 0.6) is 0 Å². The number of hydrogen-bond acceptors (Lipinski definition) is 3. The van der Waals surface area contributed by atoms with E-state index < -0.39 is 0 Å². The highest BCUT2D eigenvalue weighted by molar-refractivity contribution is 6.08. The molecule has 0 fully saturated rings. The van der Waals surface area contributed by atoms with Gasteiger partial charge in [-0.25, -0.2) is 0 Å². The molecule has 2 aromatic carbocycles. The predicted octanol–water partition coefficient (Wildman–Crippen LogP) is 3.72. The van der Waals surface area contributed by atoms with E-state index in [0.29, 0.717) is 35.5 Å². The normalized spacial score (nSPS) is 15.0. The van der Waals surface area contributed by atoms with Gasteiger partial charge in [0.2, 0.25) is 11.7 Å². The molecule has 132 valence electrons. The second-order valence-corrected chi connectivity index (χ2v) is 6.51. The van der Waals surface area contributed by atoms with E-state index in [9.17, 15) is 9.59 Å². The molecule has 1 N–H and O–H groups in total. The van der Waals surface area contributed by atoms with E-state index in [1.165, 1.54) is 0 Å². The van der Waals surface area contributed by atoms with Gasteiger partial charge < -0.3 is 9.88 Å². The lowest BCUT2D eigenvalue weighted by Gasteiger charge is -2.11. The number of amides is 1. The number of hydrogen-bond donors (Lipinski definition) is 1. The highest BCUT2D eigenvalue weighted by Gasteiger charge is 2.32. The molecule has 1 atom stereocenters. The molecule has 1 aromatic heterocycles. The third-order valence-electron chi connectivity index (χ3n) is 4.86. The molecule has 0 aliphatic carbocycles. The summed E-state index contributed by atoms with van der Waals surface area (Å²) in [4.78, 5) is 25.5. The van der Waals surface area contributed by atoms with Crippen LogP contribution in [0.3, 0.4) is 0 Å². The van der Waals surface area contributed by atoms with Gasteiger partial charge in [0.15, 0.2) is 0 Å². The van der Waals surface area contributed by atoms with E-state index in [1.54, 1.807) is 42.5 Å². The second-order valence-electron chi connectivity index (χ2n) is 6.51. The molecule has 1 unspecified atom stereocenters. The Kier molecular flexibility index (Phi) is 4.31. The van der Waals surface area contributed by atoms with E-state index >= 15 is 0 Å². The number of benzene rings is 2. The number of nitrogens with one attached hydrogen (secondary N) is 1. The first-order valence-corrected chi connectivity index (χ1v) is 8.77. The molecule has 1 amide bonds. The molecule has 5 heteroatoms. The van der Waals surface area contributed by atoms with Crippen LogP contribution in [0, 0.1) is 11.3 Å². The van der Waals surface area contributed by atoms with Crippen molar-refractivity contribution in [3.63, 3.8) is 0 Å². The van der Waals surface area contributed by atoms with Crippen LogP contribution in [0.4, 0.5) is 5.69 Å². The smallest absolute Gasteiger partial charge is 0.233 e. The van der Waals surface area contributed by atoms with Gasteiger partial charge in [0.1, 0.15) is 0 Å². The third kappa shape index (κ3) is 3.13. The summed E-state index contributed by atoms with van der Waals surface area (Å²) in [5, 5.41) is 11.9. The Labute approximate surface area is 156 Å². The Morgan fingerprint density at radius 1 is 1.04 bits per heavy atom. The lowest BCUT2D eigenvalue weighted by Crippen LogP contribution is -2.19. The number of nitriles is 1. The van der Waals surface area contributed by atoms with Gasteiger partial charge in [0.05, 0.1) is 23.2 Å². The average Bonchev–Trinajstić information content (AvgIpc) is 3.30. The van der Waals surface area contributed by atoms with Gasteiger partial charge in [0.25, 0.3) is 0 Å². The molecule has 0 saturated carbocycles. The fourth-order valence-corrected chi connectivity index (χ4v) is 3.54. The van der Waals surface area contributed by atoms with Gasteiger partial charge >= 0.3 is 0 Å². The summed E-state index contributed by atoms with van der Waals surface area (Å²) in [6.07, 6.45) is 0.648. The van der Waals surface area contributed by atoms with E-state index in [4.69, 9.17) is 5.26 Å². The zero-order chi connectivity index (χ0) is 18.8. The maximum Gasteiger partial charge on any atom is 0.233 e. The van der Waals surface area contributed by atoms with Gasteiger partial charge in [-0.15, -0.1) is 0 Å². The van der Waals surface area contributed by atoms with Gasteiger partial charge in [0, 0.05) is 23.5 Å². The molecular formula is C22H17N3O2. The summed E-state index contributed by atoms with van der Waals surface area (Å²) in [6, 6.07) is 21.7. The molecule has 0 saturated heterocycles. The quantitative estimate of drug-likeness (QED) is 0.725. The number of carbonyl (C=O) groups is 2. The van der Waals surface area contributed by atoms with Crippen molar-refractivity contribution in [2.24, 2.45) is 0 Å². The fraction of sp³-hybridized carbons (Fsp3) is 0.136. The van der Waals surface area contributed by atoms with Crippen LogP contribution in [-0.4, -0.2) is 16.3 Å². The van der Waals surface area contributed by atoms with Gasteiger partial charge in [-0.1, -0.05) is 36.4 Å². The van der Waals surface area contributed by atoms with Crippen LogP contribution < -0.4 is 5.32 Å². The van der Waals surface area contributed by atoms with E-state index in [-0.39, 0.29) is 17.6 Å². The Balaban J connectivity index is 1.56. The molecule has 5 nitrogen and oxygen atoms in total. The summed E-state index contributed by atoms with van der Waals surface area (Å²) in [7, 11) is 0. The number of rotatable bonds is 4. The maximum atomic E-state index is 12.8. The van der Waals surface area contributed by atoms with Crippen LogP contribution in [0.1, 0.15) is 39.6 Å². The van der Waals surface area contributed by atoms with Gasteiger partial charge in [-0.05, 0) is 36.8 Å². The number of anilines is 1. The maximum absolute atomic E-state index is 12.8. The van der Waals surface area contributed by atoms with Crippen molar-refractivity contribution in [1.29, 1.82) is 5.26 Å². The monoisotopic (exact) mass is 355 g/mol. The molecule has 4 rings (SSSR count). The largest absolute Gasteiger partial charge is 0.341 e. The number of carbonyl (C=O) groups excluding carboxylic acids is 2. The predicted molar refractivity (Wildman–Crippen MR) is 101 cm³/mol. The zero-order valence-corrected chi connectivity index (χ0v) is 14.6. The van der Waals surface area contributed by atoms with Crippen molar-refractivity contribution in [2.75, 3.05) is 5.32 Å². The third-order valence-corrected chi connectivity index (χ3v) is 4.86. The summed E-state index contributed by atoms with van der Waals surface area (Å²) in [5.74, 6) is -0.474. The van der Waals surface area contributed by atoms with Gasteiger partial charge in [-0.2, -0.15) is 5.26 Å². The molecule has 0 bridgehead atoms. The highest BCUT2D eigenvalue weighted by Crippen LogP contribution is 2.32. The van der Waals surface area contributed by atoms with Gasteiger partial charge in [-0.3, -0.25) is 9.59 Å². The van der Waals surface area contributed by atoms with Crippen LogP contribution in [0.15, 0.2) is 66.7 Å². The second kappa shape index (κ2) is 6.93. The topological polar surface area (TPSA) is 74.9 Å². The zero-order valence-electron chi connectivity index (χ0n) is 14.6. The standard InChI is InChI=1S/C22H17N3O2/c23-14-15-5-4-8-17(13-15)24-22(27)18-11-12-25-19(18)9-10-20(25)21(26)16-6-2-1-3-7-16/h1-10,13,18H,11-12H2,(H,24,27). The minimum atomic E-state index is -0.312. The molecule has 1 aliphatic heterocycles. The first-order valence-electron chi connectivity index (χ1n) is 8.77. The van der Waals surface area contributed by atoms with Crippen molar-refractivity contribution >= 4 is 17.4 Å². The Morgan fingerprint density at radius 3 is 2.63 bits per heavy atom. The average molecular weight is 355 g/mol. The lowest BCUT2D eigenvalue weighted by atomic mass is 10.0. The van der Waals surface area contributed by atoms with Crippen molar-refractivity contribution in [3.8, 4) is 6.07 Å². The van der Waals surface area contributed by atoms with Crippen molar-refractivity contribution < 1.29 is 9.59 Å². The fourth-order valence-electron chi connectivity index (χ4n) is 3.54. The molecule has 27 heavy (non-hydrogen) atoms. The van der Waals surface area contributed by atoms with Crippen LogP contribution >= 0.6 is 0 Å². The Morgan fingerprint density at radius 2 is 1.85 bits per heavy atom. The van der Waals surface area contributed by atoms with Crippen LogP contribution in [0.2, 0.25) is 0 Å². The number of aromatic nitrogens is 1. The molecule has 0 spiro atoms. The summed E-state index contributed by atoms with van der Waals surface area (Å²) in [5.41, 5.74) is 3.20. The van der Waals surface area contributed by atoms with Crippen LogP contribution in [0.25, 0.3) is 0 Å². The molecule has 3 aromatic rings. The van der Waals surface area contributed by atoms with Crippen LogP contribution in [-0.2, 0) is 11.3 Å². The molecule has 0 radical (unpaired) electrons. The Bertz CT molecular complexity index is 1060. The molecule has 2 heterocycles. The van der Waals surface area contributed by atoms with E-state index in [2.05, 4.69) is 11.4 Å². The number of ketones is 1. The van der Waals surface area contributed by atoms with E-state index in [1.807, 2.05) is 28.8 Å². The number of fused-ring (bicyclic) bond motifs is 1. The molecular weight excluding hydrogens is 338 g/mol. The first kappa shape index (κ1) is 16.8. The highest BCUT2D eigenvalue weighted by atomic mass is 16.2. The van der Waals surface area contributed by atoms with Crippen molar-refractivity contribution in [3.05, 3.63) is 89.2 Å². The summed E-state index contributed by atoms with van der Waals surface area (Å²) < 4.78 is 1.94. The molecule has 1 aliphatic rings. The summed E-state index contributed by atoms with van der Waals surface area (Å²) >= 11 is 0. The first-order chi connectivity index (χ1) is 13.2. The lowest BCUT2D eigenvalue weighted by molar-refractivity contribution is -0.117. The van der Waals surface area contributed by atoms with Crippen molar-refractivity contribution in [2.45, 2.75) is 18.9 Å². The SMILES string of the molecule is N#Cc1cccc(NC(=O)C2CCn3c(C(=O)c4ccccc4)ccc32)c1. The minimum Gasteiger partial charge on any atom is -0.341 e. The number of nitrogens with zero attached hydrogens (tertiary/aromatic N) is 2. The summed E-state index contributed by atoms with van der Waals surface area (Å²) in [6.45, 7) is 0.632. The minimum absolute atomic E-state index is 0.0374. The van der Waals surface area contributed by atoms with Crippen molar-refractivity contribution in [1.82, 2.24) is 4.57 Å². The Hall–Kier alpha value is -3.65.